The summed E-state index contributed by atoms with van der Waals surface area (Å²) in [7, 11) is 7.69. The van der Waals surface area contributed by atoms with Crippen molar-refractivity contribution in [2.24, 2.45) is 0 Å². The van der Waals surface area contributed by atoms with Crippen molar-refractivity contribution in [1.82, 2.24) is 0 Å². The van der Waals surface area contributed by atoms with Gasteiger partial charge in [-0.3, -0.25) is 4.79 Å². The Bertz CT molecular complexity index is 953. The maximum absolute atomic E-state index is 13.1. The van der Waals surface area contributed by atoms with Crippen LogP contribution in [0.3, 0.4) is 0 Å². The van der Waals surface area contributed by atoms with Gasteiger partial charge in [-0.2, -0.15) is 0 Å². The lowest BCUT2D eigenvalue weighted by Gasteiger charge is -2.43. The summed E-state index contributed by atoms with van der Waals surface area (Å²) in [5, 5.41) is 0. The number of ether oxygens (including phenoxy) is 4. The Kier molecular flexibility index (Phi) is 5.60. The van der Waals surface area contributed by atoms with Crippen LogP contribution < -0.4 is 18.9 Å². The summed E-state index contributed by atoms with van der Waals surface area (Å²) in [5.74, 6) is 3.18. The van der Waals surface area contributed by atoms with Gasteiger partial charge in [0.15, 0.2) is 11.5 Å². The summed E-state index contributed by atoms with van der Waals surface area (Å²) in [4.78, 5) is 13.1. The summed E-state index contributed by atoms with van der Waals surface area (Å²) in [6.07, 6.45) is 2.54. The molecule has 0 saturated heterocycles. The Labute approximate surface area is 177 Å². The van der Waals surface area contributed by atoms with E-state index >= 15 is 0 Å². The van der Waals surface area contributed by atoms with E-state index in [4.69, 9.17) is 18.9 Å². The largest absolute Gasteiger partial charge is 0.496 e. The molecule has 2 aromatic rings. The molecule has 0 aromatic heterocycles. The van der Waals surface area contributed by atoms with Crippen LogP contribution in [0.1, 0.15) is 35.6 Å². The number of aryl methyl sites for hydroxylation is 1. The van der Waals surface area contributed by atoms with Gasteiger partial charge in [0.25, 0.3) is 0 Å². The van der Waals surface area contributed by atoms with E-state index in [0.29, 0.717) is 30.8 Å². The van der Waals surface area contributed by atoms with E-state index in [-0.39, 0.29) is 18.6 Å². The van der Waals surface area contributed by atoms with Gasteiger partial charge in [-0.05, 0) is 29.7 Å². The van der Waals surface area contributed by atoms with Crippen LogP contribution in [0.2, 0.25) is 0 Å². The van der Waals surface area contributed by atoms with Crippen molar-refractivity contribution in [3.63, 3.8) is 0 Å². The summed E-state index contributed by atoms with van der Waals surface area (Å²) in [6, 6.07) is 9.96. The number of likely N-dealkylation sites (N-methyl/N-ethyl adjacent to an activating group) is 1. The number of carbonyl (C=O) groups is 1. The molecule has 6 nitrogen and oxygen atoms in total. The molecule has 2 aliphatic rings. The second-order valence-electron chi connectivity index (χ2n) is 8.54. The minimum Gasteiger partial charge on any atom is -0.496 e. The Morgan fingerprint density at radius 3 is 2.73 bits per heavy atom. The third-order valence-electron chi connectivity index (χ3n) is 6.37. The molecule has 4 rings (SSSR count). The summed E-state index contributed by atoms with van der Waals surface area (Å²) >= 11 is 0. The highest BCUT2D eigenvalue weighted by atomic mass is 16.7. The van der Waals surface area contributed by atoms with E-state index in [1.807, 2.05) is 24.3 Å². The molecule has 0 N–H and O–H groups in total. The monoisotopic (exact) mass is 412 g/mol. The number of Topliss-reactive ketones (excluding diaryl/α,β-unsaturated/α-hetero) is 1. The Morgan fingerprint density at radius 1 is 1.17 bits per heavy atom. The van der Waals surface area contributed by atoms with Crippen LogP contribution >= 0.6 is 0 Å². The van der Waals surface area contributed by atoms with Gasteiger partial charge in [-0.15, -0.1) is 0 Å². The molecular weight excluding hydrogens is 382 g/mol. The van der Waals surface area contributed by atoms with Gasteiger partial charge in [0.1, 0.15) is 17.6 Å². The van der Waals surface area contributed by atoms with Crippen LogP contribution in [0.5, 0.6) is 23.0 Å². The topological polar surface area (TPSA) is 54.0 Å². The van der Waals surface area contributed by atoms with Gasteiger partial charge in [0.2, 0.25) is 12.5 Å². The number of carbonyl (C=O) groups excluding carboxylic acids is 1. The molecule has 6 heteroatoms. The Hall–Kier alpha value is -2.73. The molecule has 0 saturated carbocycles. The zero-order valence-corrected chi connectivity index (χ0v) is 18.2. The number of quaternary nitrogens is 1. The lowest BCUT2D eigenvalue weighted by Crippen LogP contribution is -2.48. The van der Waals surface area contributed by atoms with Crippen LogP contribution in [0, 0.1) is 0 Å². The van der Waals surface area contributed by atoms with Gasteiger partial charge in [-0.1, -0.05) is 18.2 Å². The van der Waals surface area contributed by atoms with Crippen molar-refractivity contribution < 1.29 is 28.2 Å². The van der Waals surface area contributed by atoms with Gasteiger partial charge < -0.3 is 23.4 Å². The molecule has 2 heterocycles. The predicted molar refractivity (Wildman–Crippen MR) is 113 cm³/mol. The molecule has 1 unspecified atom stereocenters. The van der Waals surface area contributed by atoms with Gasteiger partial charge in [-0.25, -0.2) is 0 Å². The first-order chi connectivity index (χ1) is 14.4. The number of fused-ring (bicyclic) bond motifs is 2. The van der Waals surface area contributed by atoms with E-state index in [1.54, 1.807) is 14.2 Å². The maximum atomic E-state index is 13.1. The molecule has 0 spiro atoms. The van der Waals surface area contributed by atoms with E-state index in [1.165, 1.54) is 5.56 Å². The molecule has 0 radical (unpaired) electrons. The van der Waals surface area contributed by atoms with E-state index in [0.717, 1.165) is 40.1 Å². The molecule has 160 valence electrons. The quantitative estimate of drug-likeness (QED) is 0.649. The number of nitrogens with zero attached hydrogens (tertiary/aromatic N) is 1. The minimum atomic E-state index is 0.0170. The van der Waals surface area contributed by atoms with E-state index in [2.05, 4.69) is 20.2 Å². The van der Waals surface area contributed by atoms with Crippen LogP contribution in [0.15, 0.2) is 30.3 Å². The highest BCUT2D eigenvalue weighted by Crippen LogP contribution is 2.51. The Morgan fingerprint density at radius 2 is 1.97 bits per heavy atom. The number of ketones is 1. The van der Waals surface area contributed by atoms with Crippen LogP contribution in [-0.4, -0.2) is 51.9 Å². The van der Waals surface area contributed by atoms with E-state index in [9.17, 15) is 4.79 Å². The summed E-state index contributed by atoms with van der Waals surface area (Å²) in [5.41, 5.74) is 3.34. The minimum absolute atomic E-state index is 0.0170. The smallest absolute Gasteiger partial charge is 0.231 e. The molecule has 0 bridgehead atoms. The van der Waals surface area contributed by atoms with Crippen molar-refractivity contribution in [2.75, 3.05) is 41.7 Å². The fraction of sp³-hybridized carbons (Fsp3) is 0.458. The van der Waals surface area contributed by atoms with Crippen LogP contribution in [0.4, 0.5) is 0 Å². The average Bonchev–Trinajstić information content (AvgIpc) is 3.21. The highest BCUT2D eigenvalue weighted by molar-refractivity contribution is 5.80. The second kappa shape index (κ2) is 8.19. The zero-order valence-electron chi connectivity index (χ0n) is 18.2. The van der Waals surface area contributed by atoms with Gasteiger partial charge in [0.05, 0.1) is 46.8 Å². The molecule has 30 heavy (non-hydrogen) atoms. The fourth-order valence-electron chi connectivity index (χ4n) is 4.62. The highest BCUT2D eigenvalue weighted by Gasteiger charge is 2.42. The number of para-hydroxylation sites is 1. The molecule has 2 aromatic carbocycles. The SMILES string of the molecule is COc1ccccc1CCC(=O)CC1c2c(cc3c(c2OC)OCO3)CC[N+]1(C)C. The van der Waals surface area contributed by atoms with E-state index < -0.39 is 0 Å². The maximum Gasteiger partial charge on any atom is 0.231 e. The van der Waals surface area contributed by atoms with Crippen molar-refractivity contribution in [3.8, 4) is 23.0 Å². The number of benzene rings is 2. The van der Waals surface area contributed by atoms with Crippen molar-refractivity contribution in [1.29, 1.82) is 0 Å². The van der Waals surface area contributed by atoms with Crippen LogP contribution in [-0.2, 0) is 17.6 Å². The number of methoxy groups -OCH3 is 2. The molecule has 0 amide bonds. The lowest BCUT2D eigenvalue weighted by molar-refractivity contribution is -0.922. The number of hydrogen-bond donors (Lipinski definition) is 0. The second-order valence-corrected chi connectivity index (χ2v) is 8.54. The van der Waals surface area contributed by atoms with Gasteiger partial charge >= 0.3 is 0 Å². The van der Waals surface area contributed by atoms with Gasteiger partial charge in [0, 0.05) is 12.8 Å². The molecular formula is C24H30NO5+. The molecule has 0 fully saturated rings. The van der Waals surface area contributed by atoms with Crippen molar-refractivity contribution >= 4 is 5.78 Å². The third kappa shape index (κ3) is 3.72. The number of hydrogen-bond acceptors (Lipinski definition) is 5. The zero-order chi connectivity index (χ0) is 21.3. The standard InChI is InChI=1S/C24H30NO5/c1-25(2)12-11-17-13-21-23(30-15-29-21)24(28-4)22(17)19(25)14-18(26)10-9-16-7-5-6-8-20(16)27-3/h5-8,13,19H,9-12,14-15H2,1-4H3/q+1. The molecule has 1 atom stereocenters. The fourth-order valence-corrected chi connectivity index (χ4v) is 4.62. The van der Waals surface area contributed by atoms with Crippen LogP contribution in [0.25, 0.3) is 0 Å². The number of rotatable bonds is 7. The first kappa shape index (κ1) is 20.5. The van der Waals surface area contributed by atoms with Crippen molar-refractivity contribution in [3.05, 3.63) is 47.0 Å². The summed E-state index contributed by atoms with van der Waals surface area (Å²) < 4.78 is 23.2. The molecule has 0 aliphatic carbocycles. The average molecular weight is 413 g/mol. The molecule has 2 aliphatic heterocycles. The van der Waals surface area contributed by atoms with Crippen molar-refractivity contribution in [2.45, 2.75) is 31.7 Å². The first-order valence-electron chi connectivity index (χ1n) is 10.4. The first-order valence-corrected chi connectivity index (χ1v) is 10.4. The Balaban J connectivity index is 1.58. The predicted octanol–water partition coefficient (Wildman–Crippen LogP) is 3.70. The summed E-state index contributed by atoms with van der Waals surface area (Å²) in [6.45, 7) is 1.16. The lowest BCUT2D eigenvalue weighted by atomic mass is 9.86. The third-order valence-corrected chi connectivity index (χ3v) is 6.37. The normalized spacial score (nSPS) is 18.6.